The lowest BCUT2D eigenvalue weighted by Gasteiger charge is -2.33. The average molecular weight is 238 g/mol. The third-order valence-corrected chi connectivity index (χ3v) is 3.39. The van der Waals surface area contributed by atoms with Crippen molar-refractivity contribution in [1.82, 2.24) is 0 Å². The van der Waals surface area contributed by atoms with Crippen LogP contribution in [0.1, 0.15) is 18.4 Å². The molecule has 1 heterocycles. The van der Waals surface area contributed by atoms with Gasteiger partial charge in [-0.05, 0) is 30.9 Å². The zero-order chi connectivity index (χ0) is 12.3. The quantitative estimate of drug-likeness (QED) is 0.878. The SMILES string of the molecule is O=C(O)C1(Cc2ccccc2F)CCOCC1. The summed E-state index contributed by atoms with van der Waals surface area (Å²) in [7, 11) is 0. The molecule has 1 aliphatic rings. The van der Waals surface area contributed by atoms with Crippen LogP contribution in [0.25, 0.3) is 0 Å². The molecule has 0 saturated carbocycles. The minimum Gasteiger partial charge on any atom is -0.481 e. The molecule has 1 fully saturated rings. The van der Waals surface area contributed by atoms with E-state index in [1.807, 2.05) is 0 Å². The monoisotopic (exact) mass is 238 g/mol. The number of carboxylic acids is 1. The molecule has 0 spiro atoms. The van der Waals surface area contributed by atoms with Gasteiger partial charge in [0.2, 0.25) is 0 Å². The van der Waals surface area contributed by atoms with Gasteiger partial charge in [0.25, 0.3) is 0 Å². The summed E-state index contributed by atoms with van der Waals surface area (Å²) in [5.74, 6) is -1.19. The van der Waals surface area contributed by atoms with E-state index in [2.05, 4.69) is 0 Å². The molecule has 3 nitrogen and oxygen atoms in total. The fraction of sp³-hybridized carbons (Fsp3) is 0.462. The van der Waals surface area contributed by atoms with Crippen LogP contribution in [0.3, 0.4) is 0 Å². The first-order valence-electron chi connectivity index (χ1n) is 5.69. The molecule has 1 N–H and O–H groups in total. The van der Waals surface area contributed by atoms with E-state index >= 15 is 0 Å². The van der Waals surface area contributed by atoms with Crippen LogP contribution in [0.2, 0.25) is 0 Å². The Kier molecular flexibility index (Phi) is 3.43. The minimum atomic E-state index is -0.875. The Hall–Kier alpha value is -1.42. The molecular formula is C13H15FO3. The highest BCUT2D eigenvalue weighted by Crippen LogP contribution is 2.35. The fourth-order valence-electron chi connectivity index (χ4n) is 2.23. The van der Waals surface area contributed by atoms with Gasteiger partial charge in [-0.15, -0.1) is 0 Å². The Bertz CT molecular complexity index is 411. The maximum Gasteiger partial charge on any atom is 0.310 e. The topological polar surface area (TPSA) is 46.5 Å². The lowest BCUT2D eigenvalue weighted by atomic mass is 9.75. The van der Waals surface area contributed by atoms with Crippen molar-refractivity contribution in [3.63, 3.8) is 0 Å². The lowest BCUT2D eigenvalue weighted by Crippen LogP contribution is -2.39. The van der Waals surface area contributed by atoms with Gasteiger partial charge in [0.05, 0.1) is 5.41 Å². The summed E-state index contributed by atoms with van der Waals surface area (Å²) in [6.45, 7) is 0.863. The summed E-state index contributed by atoms with van der Waals surface area (Å²) in [4.78, 5) is 11.4. The Labute approximate surface area is 99.2 Å². The van der Waals surface area contributed by atoms with E-state index < -0.39 is 11.4 Å². The molecule has 0 aromatic heterocycles. The van der Waals surface area contributed by atoms with Crippen LogP contribution in [0.5, 0.6) is 0 Å². The van der Waals surface area contributed by atoms with Crippen LogP contribution in [0.4, 0.5) is 4.39 Å². The molecule has 0 aliphatic carbocycles. The van der Waals surface area contributed by atoms with Gasteiger partial charge >= 0.3 is 5.97 Å². The first-order valence-corrected chi connectivity index (χ1v) is 5.69. The molecule has 0 radical (unpaired) electrons. The van der Waals surface area contributed by atoms with Crippen molar-refractivity contribution < 1.29 is 19.0 Å². The second-order valence-electron chi connectivity index (χ2n) is 4.47. The van der Waals surface area contributed by atoms with Gasteiger partial charge in [-0.1, -0.05) is 18.2 Å². The molecule has 92 valence electrons. The van der Waals surface area contributed by atoms with Gasteiger partial charge in [0, 0.05) is 13.2 Å². The van der Waals surface area contributed by atoms with Crippen LogP contribution < -0.4 is 0 Å². The zero-order valence-corrected chi connectivity index (χ0v) is 9.49. The summed E-state index contributed by atoms with van der Waals surface area (Å²) in [5, 5.41) is 9.36. The summed E-state index contributed by atoms with van der Waals surface area (Å²) in [5.41, 5.74) is -0.405. The smallest absolute Gasteiger partial charge is 0.310 e. The number of aliphatic carboxylic acids is 1. The summed E-state index contributed by atoms with van der Waals surface area (Å²) < 4.78 is 18.7. The van der Waals surface area contributed by atoms with Crippen molar-refractivity contribution in [1.29, 1.82) is 0 Å². The Balaban J connectivity index is 2.24. The van der Waals surface area contributed by atoms with Gasteiger partial charge in [-0.2, -0.15) is 0 Å². The molecular weight excluding hydrogens is 223 g/mol. The van der Waals surface area contributed by atoms with E-state index in [9.17, 15) is 14.3 Å². The number of carboxylic acid groups (broad SMARTS) is 1. The summed E-state index contributed by atoms with van der Waals surface area (Å²) >= 11 is 0. The van der Waals surface area contributed by atoms with Crippen molar-refractivity contribution >= 4 is 5.97 Å². The van der Waals surface area contributed by atoms with Crippen LogP contribution in [-0.4, -0.2) is 24.3 Å². The number of carbonyl (C=O) groups is 1. The third kappa shape index (κ3) is 2.47. The number of hydrogen-bond donors (Lipinski definition) is 1. The van der Waals surface area contributed by atoms with Crippen molar-refractivity contribution in [2.45, 2.75) is 19.3 Å². The largest absolute Gasteiger partial charge is 0.481 e. The average Bonchev–Trinajstić information content (AvgIpc) is 2.33. The van der Waals surface area contributed by atoms with Gasteiger partial charge in [0.1, 0.15) is 5.82 Å². The standard InChI is InChI=1S/C13H15FO3/c14-11-4-2-1-3-10(11)9-13(12(15)16)5-7-17-8-6-13/h1-4H,5-9H2,(H,15,16). The molecule has 2 rings (SSSR count). The molecule has 1 aromatic rings. The normalized spacial score (nSPS) is 18.9. The highest BCUT2D eigenvalue weighted by Gasteiger charge is 2.40. The van der Waals surface area contributed by atoms with Crippen LogP contribution >= 0.6 is 0 Å². The van der Waals surface area contributed by atoms with Gasteiger partial charge < -0.3 is 9.84 Å². The van der Waals surface area contributed by atoms with E-state index in [-0.39, 0.29) is 12.2 Å². The molecule has 17 heavy (non-hydrogen) atoms. The molecule has 0 bridgehead atoms. The van der Waals surface area contributed by atoms with E-state index in [4.69, 9.17) is 4.74 Å². The Morgan fingerprint density at radius 1 is 1.35 bits per heavy atom. The highest BCUT2D eigenvalue weighted by atomic mass is 19.1. The molecule has 4 heteroatoms. The maximum atomic E-state index is 13.6. The van der Waals surface area contributed by atoms with E-state index in [1.54, 1.807) is 18.2 Å². The van der Waals surface area contributed by atoms with Crippen LogP contribution in [0.15, 0.2) is 24.3 Å². The predicted octanol–water partition coefficient (Wildman–Crippen LogP) is 2.25. The van der Waals surface area contributed by atoms with E-state index in [0.717, 1.165) is 0 Å². The lowest BCUT2D eigenvalue weighted by molar-refractivity contribution is -0.154. The number of halogens is 1. The number of rotatable bonds is 3. The molecule has 0 unspecified atom stereocenters. The molecule has 0 amide bonds. The highest BCUT2D eigenvalue weighted by molar-refractivity contribution is 5.75. The van der Waals surface area contributed by atoms with Crippen molar-refractivity contribution in [2.24, 2.45) is 5.41 Å². The van der Waals surface area contributed by atoms with Crippen molar-refractivity contribution in [3.05, 3.63) is 35.6 Å². The first-order chi connectivity index (χ1) is 8.14. The minimum absolute atomic E-state index is 0.234. The van der Waals surface area contributed by atoms with Gasteiger partial charge in [-0.3, -0.25) is 4.79 Å². The zero-order valence-electron chi connectivity index (χ0n) is 9.49. The second kappa shape index (κ2) is 4.84. The summed E-state index contributed by atoms with van der Waals surface area (Å²) in [6, 6.07) is 6.35. The predicted molar refractivity (Wildman–Crippen MR) is 60.2 cm³/mol. The molecule has 0 atom stereocenters. The van der Waals surface area contributed by atoms with Crippen molar-refractivity contribution in [2.75, 3.05) is 13.2 Å². The van der Waals surface area contributed by atoms with Crippen LogP contribution in [-0.2, 0) is 16.0 Å². The van der Waals surface area contributed by atoms with E-state index in [0.29, 0.717) is 31.6 Å². The number of benzene rings is 1. The van der Waals surface area contributed by atoms with Crippen LogP contribution in [0, 0.1) is 11.2 Å². The first kappa shape index (κ1) is 12.0. The second-order valence-corrected chi connectivity index (χ2v) is 4.47. The third-order valence-electron chi connectivity index (χ3n) is 3.39. The summed E-state index contributed by atoms with van der Waals surface area (Å²) in [6.07, 6.45) is 1.12. The number of hydrogen-bond acceptors (Lipinski definition) is 2. The van der Waals surface area contributed by atoms with Gasteiger partial charge in [-0.25, -0.2) is 4.39 Å². The van der Waals surface area contributed by atoms with Gasteiger partial charge in [0.15, 0.2) is 0 Å². The molecule has 1 saturated heterocycles. The Morgan fingerprint density at radius 3 is 2.59 bits per heavy atom. The fourth-order valence-corrected chi connectivity index (χ4v) is 2.23. The van der Waals surface area contributed by atoms with Crippen molar-refractivity contribution in [3.8, 4) is 0 Å². The Morgan fingerprint density at radius 2 is 2.00 bits per heavy atom. The maximum absolute atomic E-state index is 13.6. The molecule has 1 aliphatic heterocycles. The van der Waals surface area contributed by atoms with E-state index in [1.165, 1.54) is 6.07 Å². The number of ether oxygens (including phenoxy) is 1. The molecule has 1 aromatic carbocycles.